The van der Waals surface area contributed by atoms with E-state index < -0.39 is 0 Å². The molecular formula is C12H15Cl2N3O. The predicted octanol–water partition coefficient (Wildman–Crippen LogP) is 2.96. The topological polar surface area (TPSA) is 51.0 Å². The van der Waals surface area contributed by atoms with Crippen molar-refractivity contribution < 1.29 is 4.52 Å². The first-order chi connectivity index (χ1) is 8.19. The molecule has 1 unspecified atom stereocenters. The first-order valence-corrected chi connectivity index (χ1v) is 5.82. The Morgan fingerprint density at radius 2 is 2.00 bits per heavy atom. The van der Waals surface area contributed by atoms with Crippen LogP contribution in [0.3, 0.4) is 0 Å². The van der Waals surface area contributed by atoms with E-state index in [1.165, 1.54) is 0 Å². The first-order valence-electron chi connectivity index (χ1n) is 5.45. The Kier molecular flexibility index (Phi) is 5.59. The molecule has 6 heteroatoms. The molecule has 0 saturated carbocycles. The van der Waals surface area contributed by atoms with Crippen molar-refractivity contribution in [2.24, 2.45) is 0 Å². The number of aromatic nitrogens is 2. The van der Waals surface area contributed by atoms with E-state index in [1.54, 1.807) is 12.1 Å². The molecular weight excluding hydrogens is 273 g/mol. The molecule has 0 radical (unpaired) electrons. The van der Waals surface area contributed by atoms with E-state index in [2.05, 4.69) is 22.4 Å². The van der Waals surface area contributed by atoms with Crippen LogP contribution in [0.15, 0.2) is 28.8 Å². The predicted molar refractivity (Wildman–Crippen MR) is 74.2 cm³/mol. The van der Waals surface area contributed by atoms with Crippen LogP contribution in [0.1, 0.15) is 12.7 Å². The van der Waals surface area contributed by atoms with Crippen molar-refractivity contribution in [1.82, 2.24) is 15.5 Å². The van der Waals surface area contributed by atoms with Gasteiger partial charge in [0.15, 0.2) is 5.82 Å². The van der Waals surface area contributed by atoms with E-state index in [4.69, 9.17) is 16.1 Å². The van der Waals surface area contributed by atoms with Gasteiger partial charge < -0.3 is 9.84 Å². The Bertz CT molecular complexity index is 484. The van der Waals surface area contributed by atoms with Crippen LogP contribution in [0.4, 0.5) is 0 Å². The number of hydrogen-bond donors (Lipinski definition) is 1. The largest absolute Gasteiger partial charge is 0.334 e. The molecule has 0 amide bonds. The zero-order valence-corrected chi connectivity index (χ0v) is 11.8. The lowest BCUT2D eigenvalue weighted by Gasteiger charge is -2.04. The molecule has 0 aliphatic heterocycles. The van der Waals surface area contributed by atoms with Gasteiger partial charge in [-0.25, -0.2) is 0 Å². The molecule has 4 nitrogen and oxygen atoms in total. The van der Waals surface area contributed by atoms with Crippen LogP contribution in [0.25, 0.3) is 11.5 Å². The van der Waals surface area contributed by atoms with Crippen LogP contribution >= 0.6 is 24.0 Å². The summed E-state index contributed by atoms with van der Waals surface area (Å²) in [6, 6.07) is 7.65. The van der Waals surface area contributed by atoms with Crippen molar-refractivity contribution in [3.8, 4) is 11.5 Å². The average molecular weight is 288 g/mol. The summed E-state index contributed by atoms with van der Waals surface area (Å²) in [5.74, 6) is 1.23. The van der Waals surface area contributed by atoms with Gasteiger partial charge in [0.2, 0.25) is 0 Å². The van der Waals surface area contributed by atoms with Gasteiger partial charge in [-0.3, -0.25) is 0 Å². The highest BCUT2D eigenvalue weighted by Gasteiger charge is 2.10. The van der Waals surface area contributed by atoms with E-state index in [9.17, 15) is 0 Å². The van der Waals surface area contributed by atoms with Gasteiger partial charge in [-0.2, -0.15) is 4.98 Å². The van der Waals surface area contributed by atoms with Crippen LogP contribution in [0, 0.1) is 0 Å². The highest BCUT2D eigenvalue weighted by Crippen LogP contribution is 2.19. The normalized spacial score (nSPS) is 11.9. The molecule has 0 spiro atoms. The number of nitrogens with one attached hydrogen (secondary N) is 1. The molecule has 18 heavy (non-hydrogen) atoms. The van der Waals surface area contributed by atoms with E-state index in [1.807, 2.05) is 19.2 Å². The summed E-state index contributed by atoms with van der Waals surface area (Å²) in [5.41, 5.74) is 0.880. The quantitative estimate of drug-likeness (QED) is 0.939. The molecule has 1 N–H and O–H groups in total. The molecule has 1 aromatic heterocycles. The molecule has 0 bridgehead atoms. The van der Waals surface area contributed by atoms with Crippen molar-refractivity contribution in [1.29, 1.82) is 0 Å². The van der Waals surface area contributed by atoms with Crippen molar-refractivity contribution >= 4 is 24.0 Å². The first kappa shape index (κ1) is 15.0. The second-order valence-electron chi connectivity index (χ2n) is 3.92. The van der Waals surface area contributed by atoms with Gasteiger partial charge in [0.25, 0.3) is 5.89 Å². The van der Waals surface area contributed by atoms with E-state index >= 15 is 0 Å². The number of likely N-dealkylation sites (N-methyl/N-ethyl adjacent to an activating group) is 1. The number of nitrogens with zero attached hydrogens (tertiary/aromatic N) is 2. The fraction of sp³-hybridized carbons (Fsp3) is 0.333. The number of benzene rings is 1. The molecule has 1 heterocycles. The highest BCUT2D eigenvalue weighted by atomic mass is 35.5. The van der Waals surface area contributed by atoms with Crippen molar-refractivity contribution in [2.75, 3.05) is 7.05 Å². The van der Waals surface area contributed by atoms with Gasteiger partial charge in [0.1, 0.15) is 0 Å². The minimum atomic E-state index is 0. The van der Waals surface area contributed by atoms with Crippen molar-refractivity contribution in [2.45, 2.75) is 19.4 Å². The minimum Gasteiger partial charge on any atom is -0.334 e. The van der Waals surface area contributed by atoms with Crippen LogP contribution < -0.4 is 5.32 Å². The Hall–Kier alpha value is -1.10. The van der Waals surface area contributed by atoms with Gasteiger partial charge in [-0.1, -0.05) is 16.8 Å². The third kappa shape index (κ3) is 3.70. The smallest absolute Gasteiger partial charge is 0.257 e. The fourth-order valence-corrected chi connectivity index (χ4v) is 1.55. The molecule has 2 aromatic rings. The summed E-state index contributed by atoms with van der Waals surface area (Å²) in [4.78, 5) is 4.34. The maximum absolute atomic E-state index is 5.82. The molecule has 0 saturated heterocycles. The van der Waals surface area contributed by atoms with Crippen LogP contribution in [0.5, 0.6) is 0 Å². The lowest BCUT2D eigenvalue weighted by molar-refractivity contribution is 0.418. The Labute approximate surface area is 117 Å². The maximum atomic E-state index is 5.82. The number of halogens is 2. The van der Waals surface area contributed by atoms with Crippen LogP contribution in [-0.2, 0) is 6.42 Å². The zero-order valence-electron chi connectivity index (χ0n) is 10.2. The standard InChI is InChI=1S/C12H14ClN3O.ClH/c1-8(14-2)7-11-15-12(17-16-11)9-3-5-10(13)6-4-9;/h3-6,8,14H,7H2,1-2H3;1H. The van der Waals surface area contributed by atoms with E-state index in [-0.39, 0.29) is 12.4 Å². The molecule has 1 aromatic carbocycles. The third-order valence-corrected chi connectivity index (χ3v) is 2.79. The average Bonchev–Trinajstić information content (AvgIpc) is 2.78. The monoisotopic (exact) mass is 287 g/mol. The Morgan fingerprint density at radius 3 is 2.61 bits per heavy atom. The molecule has 0 aliphatic carbocycles. The Morgan fingerprint density at radius 1 is 1.33 bits per heavy atom. The summed E-state index contributed by atoms with van der Waals surface area (Å²) in [6.07, 6.45) is 0.744. The van der Waals surface area contributed by atoms with Gasteiger partial charge in [-0.15, -0.1) is 12.4 Å². The van der Waals surface area contributed by atoms with Crippen LogP contribution in [0.2, 0.25) is 5.02 Å². The summed E-state index contributed by atoms with van der Waals surface area (Å²) in [7, 11) is 1.91. The molecule has 1 atom stereocenters. The summed E-state index contributed by atoms with van der Waals surface area (Å²) >= 11 is 5.82. The Balaban J connectivity index is 0.00000162. The third-order valence-electron chi connectivity index (χ3n) is 2.54. The van der Waals surface area contributed by atoms with Crippen molar-refractivity contribution in [3.63, 3.8) is 0 Å². The summed E-state index contributed by atoms with van der Waals surface area (Å²) < 4.78 is 5.20. The van der Waals surface area contributed by atoms with Gasteiger partial charge in [0.05, 0.1) is 0 Å². The number of rotatable bonds is 4. The lowest BCUT2D eigenvalue weighted by Crippen LogP contribution is -2.24. The van der Waals surface area contributed by atoms with E-state index in [0.717, 1.165) is 12.0 Å². The summed E-state index contributed by atoms with van der Waals surface area (Å²) in [5, 5.41) is 7.77. The van der Waals surface area contributed by atoms with E-state index in [0.29, 0.717) is 22.8 Å². The SMILES string of the molecule is CNC(C)Cc1noc(-c2ccc(Cl)cc2)n1.Cl. The van der Waals surface area contributed by atoms with Crippen molar-refractivity contribution in [3.05, 3.63) is 35.1 Å². The van der Waals surface area contributed by atoms with Gasteiger partial charge in [-0.05, 0) is 38.2 Å². The highest BCUT2D eigenvalue weighted by molar-refractivity contribution is 6.30. The maximum Gasteiger partial charge on any atom is 0.257 e. The second-order valence-corrected chi connectivity index (χ2v) is 4.35. The molecule has 0 aliphatic rings. The lowest BCUT2D eigenvalue weighted by atomic mass is 10.2. The zero-order chi connectivity index (χ0) is 12.3. The molecule has 2 rings (SSSR count). The summed E-state index contributed by atoms with van der Waals surface area (Å²) in [6.45, 7) is 2.07. The van der Waals surface area contributed by atoms with Crippen LogP contribution in [-0.4, -0.2) is 23.2 Å². The van der Waals surface area contributed by atoms with Gasteiger partial charge in [0, 0.05) is 23.0 Å². The molecule has 0 fully saturated rings. The minimum absolute atomic E-state index is 0. The number of hydrogen-bond acceptors (Lipinski definition) is 4. The fourth-order valence-electron chi connectivity index (χ4n) is 1.42. The van der Waals surface area contributed by atoms with Gasteiger partial charge >= 0.3 is 0 Å². The second kappa shape index (κ2) is 6.73. The molecule has 98 valence electrons.